The van der Waals surface area contributed by atoms with E-state index in [1.165, 1.54) is 12.0 Å². The van der Waals surface area contributed by atoms with Crippen molar-refractivity contribution in [2.45, 2.75) is 51.0 Å². The fourth-order valence-corrected chi connectivity index (χ4v) is 4.10. The molecule has 27 heavy (non-hydrogen) atoms. The van der Waals surface area contributed by atoms with Gasteiger partial charge in [-0.3, -0.25) is 14.5 Å². The van der Waals surface area contributed by atoms with E-state index in [0.29, 0.717) is 38.6 Å². The van der Waals surface area contributed by atoms with Crippen molar-refractivity contribution < 1.29 is 19.4 Å². The minimum absolute atomic E-state index is 0.0239. The molecule has 148 valence electrons. The number of hydrogen-bond acceptors (Lipinski definition) is 4. The van der Waals surface area contributed by atoms with E-state index in [0.717, 1.165) is 38.0 Å². The summed E-state index contributed by atoms with van der Waals surface area (Å²) in [4.78, 5) is 27.8. The minimum Gasteiger partial charge on any atom is -0.492 e. The number of hydrogen-bond donors (Lipinski definition) is 1. The van der Waals surface area contributed by atoms with Crippen LogP contribution in [0.15, 0.2) is 24.3 Å². The molecule has 0 saturated carbocycles. The smallest absolute Gasteiger partial charge is 0.317 e. The summed E-state index contributed by atoms with van der Waals surface area (Å²) in [7, 11) is 0. The van der Waals surface area contributed by atoms with Gasteiger partial charge in [0.05, 0.1) is 6.54 Å². The molecule has 6 nitrogen and oxygen atoms in total. The molecule has 6 heteroatoms. The first-order valence-electron chi connectivity index (χ1n) is 10.1. The molecular formula is C21H30N2O4. The Morgan fingerprint density at radius 1 is 1.11 bits per heavy atom. The Hall–Kier alpha value is -2.08. The van der Waals surface area contributed by atoms with Crippen LogP contribution in [0.2, 0.25) is 0 Å². The molecule has 1 aromatic carbocycles. The Morgan fingerprint density at radius 3 is 2.85 bits per heavy atom. The highest BCUT2D eigenvalue weighted by Gasteiger charge is 2.26. The number of aliphatic carboxylic acids is 1. The van der Waals surface area contributed by atoms with E-state index in [9.17, 15) is 9.59 Å². The van der Waals surface area contributed by atoms with Crippen LogP contribution in [0.1, 0.15) is 44.1 Å². The fraction of sp³-hybridized carbons (Fsp3) is 0.619. The third-order valence-electron chi connectivity index (χ3n) is 5.51. The summed E-state index contributed by atoms with van der Waals surface area (Å²) in [6, 6.07) is 8.43. The van der Waals surface area contributed by atoms with E-state index >= 15 is 0 Å². The van der Waals surface area contributed by atoms with Crippen molar-refractivity contribution in [1.29, 1.82) is 0 Å². The van der Waals surface area contributed by atoms with Crippen molar-refractivity contribution in [3.8, 4) is 5.75 Å². The lowest BCUT2D eigenvalue weighted by Crippen LogP contribution is -2.44. The first kappa shape index (κ1) is 19.7. The Bertz CT molecular complexity index is 649. The second-order valence-corrected chi connectivity index (χ2v) is 7.54. The molecule has 1 aromatic rings. The van der Waals surface area contributed by atoms with Crippen molar-refractivity contribution in [3.63, 3.8) is 0 Å². The second-order valence-electron chi connectivity index (χ2n) is 7.54. The first-order valence-corrected chi connectivity index (χ1v) is 10.1. The summed E-state index contributed by atoms with van der Waals surface area (Å²) >= 11 is 0. The standard InChI is InChI=1S/C21H30N2O4/c24-20-8-4-11-22(16-21(25)26)13-14-27-19-7-3-5-17(15-19)9-10-18-6-1-2-12-23(18)20/h3,5,7,15,18H,1-2,4,6,8-14,16H2,(H,25,26). The fourth-order valence-electron chi connectivity index (χ4n) is 4.10. The van der Waals surface area contributed by atoms with Gasteiger partial charge in [0.2, 0.25) is 5.91 Å². The number of piperidine rings is 1. The summed E-state index contributed by atoms with van der Waals surface area (Å²) in [5.74, 6) is 0.196. The Morgan fingerprint density at radius 2 is 2.00 bits per heavy atom. The molecule has 0 aliphatic carbocycles. The largest absolute Gasteiger partial charge is 0.492 e. The Labute approximate surface area is 161 Å². The zero-order chi connectivity index (χ0) is 19.1. The number of fused-ring (bicyclic) bond motifs is 3. The van der Waals surface area contributed by atoms with Gasteiger partial charge in [-0.05, 0) is 62.8 Å². The van der Waals surface area contributed by atoms with Crippen molar-refractivity contribution in [3.05, 3.63) is 29.8 Å². The molecule has 0 spiro atoms. The number of carbonyl (C=O) groups is 2. The zero-order valence-electron chi connectivity index (χ0n) is 15.9. The molecule has 0 aromatic heterocycles. The van der Waals surface area contributed by atoms with Crippen molar-refractivity contribution >= 4 is 11.9 Å². The van der Waals surface area contributed by atoms with Gasteiger partial charge in [-0.2, -0.15) is 0 Å². The predicted octanol–water partition coefficient (Wildman–Crippen LogP) is 2.56. The van der Waals surface area contributed by atoms with Crippen LogP contribution in [0, 0.1) is 0 Å². The lowest BCUT2D eigenvalue weighted by Gasteiger charge is -2.36. The number of carbonyl (C=O) groups excluding carboxylic acids is 1. The van der Waals surface area contributed by atoms with Crippen molar-refractivity contribution in [1.82, 2.24) is 9.80 Å². The molecule has 0 radical (unpaired) electrons. The number of carboxylic acid groups (broad SMARTS) is 1. The highest BCUT2D eigenvalue weighted by Crippen LogP contribution is 2.24. The molecule has 1 amide bonds. The minimum atomic E-state index is -0.850. The summed E-state index contributed by atoms with van der Waals surface area (Å²) < 4.78 is 5.85. The highest BCUT2D eigenvalue weighted by atomic mass is 16.5. The molecule has 3 rings (SSSR count). The van der Waals surface area contributed by atoms with Crippen molar-refractivity contribution in [2.75, 3.05) is 32.8 Å². The van der Waals surface area contributed by atoms with Gasteiger partial charge < -0.3 is 14.7 Å². The quantitative estimate of drug-likeness (QED) is 0.862. The molecule has 1 saturated heterocycles. The lowest BCUT2D eigenvalue weighted by atomic mass is 9.95. The molecular weight excluding hydrogens is 344 g/mol. The van der Waals surface area contributed by atoms with E-state index in [1.807, 2.05) is 17.0 Å². The molecule has 2 bridgehead atoms. The number of ether oxygens (including phenoxy) is 1. The maximum atomic E-state index is 12.8. The third-order valence-corrected chi connectivity index (χ3v) is 5.51. The van der Waals surface area contributed by atoms with E-state index < -0.39 is 5.97 Å². The summed E-state index contributed by atoms with van der Waals surface area (Å²) in [6.07, 6.45) is 6.44. The average molecular weight is 374 g/mol. The number of carboxylic acids is 1. The normalized spacial score (nSPS) is 22.9. The van der Waals surface area contributed by atoms with E-state index in [2.05, 4.69) is 17.0 Å². The summed E-state index contributed by atoms with van der Waals surface area (Å²) in [5, 5.41) is 9.13. The summed E-state index contributed by atoms with van der Waals surface area (Å²) in [5.41, 5.74) is 1.22. The van der Waals surface area contributed by atoms with Gasteiger partial charge in [-0.25, -0.2) is 0 Å². The van der Waals surface area contributed by atoms with Crippen LogP contribution in [0.5, 0.6) is 5.75 Å². The predicted molar refractivity (Wildman–Crippen MR) is 103 cm³/mol. The lowest BCUT2D eigenvalue weighted by molar-refractivity contribution is -0.138. The number of nitrogens with zero attached hydrogens (tertiary/aromatic N) is 2. The number of amides is 1. The van der Waals surface area contributed by atoms with Gasteiger partial charge >= 0.3 is 5.97 Å². The number of aryl methyl sites for hydroxylation is 1. The SMILES string of the molecule is O=C(O)CN1CCCC(=O)N2CCCCC2CCc2cccc(c2)OCC1. The molecule has 1 unspecified atom stereocenters. The number of rotatable bonds is 2. The van der Waals surface area contributed by atoms with Crippen LogP contribution in [-0.4, -0.2) is 65.6 Å². The van der Waals surface area contributed by atoms with Gasteiger partial charge in [-0.15, -0.1) is 0 Å². The average Bonchev–Trinajstić information content (AvgIpc) is 2.66. The van der Waals surface area contributed by atoms with Crippen LogP contribution < -0.4 is 4.74 Å². The Balaban J connectivity index is 1.73. The maximum absolute atomic E-state index is 12.8. The van der Waals surface area contributed by atoms with E-state index in [4.69, 9.17) is 9.84 Å². The van der Waals surface area contributed by atoms with Crippen LogP contribution in [0.25, 0.3) is 0 Å². The second kappa shape index (κ2) is 9.74. The maximum Gasteiger partial charge on any atom is 0.317 e. The molecule has 2 aliphatic rings. The van der Waals surface area contributed by atoms with Gasteiger partial charge in [-0.1, -0.05) is 12.1 Å². The zero-order valence-corrected chi connectivity index (χ0v) is 15.9. The topological polar surface area (TPSA) is 70.1 Å². The van der Waals surface area contributed by atoms with Crippen LogP contribution >= 0.6 is 0 Å². The molecule has 1 N–H and O–H groups in total. The van der Waals surface area contributed by atoms with Gasteiger partial charge in [0.25, 0.3) is 0 Å². The first-order chi connectivity index (χ1) is 13.1. The monoisotopic (exact) mass is 374 g/mol. The van der Waals surface area contributed by atoms with E-state index in [1.54, 1.807) is 0 Å². The third kappa shape index (κ3) is 5.96. The van der Waals surface area contributed by atoms with Gasteiger partial charge in [0.1, 0.15) is 12.4 Å². The van der Waals surface area contributed by atoms with Gasteiger partial charge in [0.15, 0.2) is 0 Å². The summed E-state index contributed by atoms with van der Waals surface area (Å²) in [6.45, 7) is 2.41. The molecule has 1 fully saturated rings. The van der Waals surface area contributed by atoms with Crippen LogP contribution in [-0.2, 0) is 16.0 Å². The molecule has 2 aliphatic heterocycles. The van der Waals surface area contributed by atoms with Gasteiger partial charge in [0, 0.05) is 25.6 Å². The highest BCUT2D eigenvalue weighted by molar-refractivity contribution is 5.76. The van der Waals surface area contributed by atoms with Crippen LogP contribution in [0.3, 0.4) is 0 Å². The van der Waals surface area contributed by atoms with Crippen LogP contribution in [0.4, 0.5) is 0 Å². The van der Waals surface area contributed by atoms with Crippen molar-refractivity contribution in [2.24, 2.45) is 0 Å². The molecule has 1 atom stereocenters. The molecule has 2 heterocycles. The number of benzene rings is 1. The van der Waals surface area contributed by atoms with E-state index in [-0.39, 0.29) is 12.5 Å². The Kier molecular flexibility index (Phi) is 7.10.